The topological polar surface area (TPSA) is 106 Å². The van der Waals surface area contributed by atoms with Crippen LogP contribution in [-0.2, 0) is 6.42 Å². The highest BCUT2D eigenvalue weighted by Gasteiger charge is 2.25. The van der Waals surface area contributed by atoms with Gasteiger partial charge in [0.1, 0.15) is 17.5 Å². The van der Waals surface area contributed by atoms with Crippen molar-refractivity contribution in [3.8, 4) is 17.2 Å². The molecule has 0 saturated heterocycles. The van der Waals surface area contributed by atoms with Gasteiger partial charge in [-0.3, -0.25) is 10.1 Å². The molecule has 0 amide bonds. The van der Waals surface area contributed by atoms with Crippen molar-refractivity contribution in [2.75, 3.05) is 5.73 Å². The zero-order chi connectivity index (χ0) is 20.4. The number of non-ortho nitro benzene ring substituents is 1. The summed E-state index contributed by atoms with van der Waals surface area (Å²) >= 11 is 0. The van der Waals surface area contributed by atoms with Crippen LogP contribution in [0.3, 0.4) is 0 Å². The Hall–Kier alpha value is -3.98. The molecule has 1 heterocycles. The Morgan fingerprint density at radius 1 is 1.14 bits per heavy atom. The molecule has 3 aromatic rings. The highest BCUT2D eigenvalue weighted by Crippen LogP contribution is 2.40. The average Bonchev–Trinajstić information content (AvgIpc) is 2.74. The highest BCUT2D eigenvalue weighted by molar-refractivity contribution is 5.89. The van der Waals surface area contributed by atoms with Crippen LogP contribution in [0.2, 0.25) is 0 Å². The van der Waals surface area contributed by atoms with Gasteiger partial charge in [-0.25, -0.2) is 4.98 Å². The van der Waals surface area contributed by atoms with Crippen LogP contribution in [0.1, 0.15) is 35.2 Å². The number of nitriles is 1. The van der Waals surface area contributed by atoms with Crippen LogP contribution in [0.15, 0.2) is 54.6 Å². The molecule has 0 radical (unpaired) electrons. The van der Waals surface area contributed by atoms with Gasteiger partial charge in [0.15, 0.2) is 0 Å². The number of allylic oxidation sites excluding steroid dienone is 1. The van der Waals surface area contributed by atoms with Crippen LogP contribution in [0, 0.1) is 21.4 Å². The molecule has 0 saturated carbocycles. The average molecular weight is 382 g/mol. The van der Waals surface area contributed by atoms with Gasteiger partial charge in [-0.2, -0.15) is 5.26 Å². The number of hydrogen-bond donors (Lipinski definition) is 1. The number of nitro benzene ring substituents is 1. The molecule has 0 bridgehead atoms. The third-order valence-corrected chi connectivity index (χ3v) is 5.10. The van der Waals surface area contributed by atoms with Crippen molar-refractivity contribution in [1.82, 2.24) is 4.98 Å². The van der Waals surface area contributed by atoms with E-state index in [0.29, 0.717) is 11.1 Å². The van der Waals surface area contributed by atoms with E-state index in [2.05, 4.69) is 17.1 Å². The minimum Gasteiger partial charge on any atom is -0.383 e. The number of hydrogen-bond acceptors (Lipinski definition) is 5. The van der Waals surface area contributed by atoms with Gasteiger partial charge in [-0.1, -0.05) is 42.5 Å². The summed E-state index contributed by atoms with van der Waals surface area (Å²) in [7, 11) is 0. The fraction of sp³-hybridized carbons (Fsp3) is 0.130. The van der Waals surface area contributed by atoms with Crippen molar-refractivity contribution in [1.29, 1.82) is 5.26 Å². The molecule has 0 unspecified atom stereocenters. The Bertz CT molecular complexity index is 1180. The van der Waals surface area contributed by atoms with Gasteiger partial charge in [0.25, 0.3) is 5.69 Å². The van der Waals surface area contributed by atoms with Gasteiger partial charge in [-0.15, -0.1) is 0 Å². The summed E-state index contributed by atoms with van der Waals surface area (Å²) < 4.78 is 0. The lowest BCUT2D eigenvalue weighted by Crippen LogP contribution is -2.11. The molecule has 1 aliphatic rings. The lowest BCUT2D eigenvalue weighted by molar-refractivity contribution is -0.384. The molecular weight excluding hydrogens is 364 g/mol. The van der Waals surface area contributed by atoms with Crippen LogP contribution >= 0.6 is 0 Å². The van der Waals surface area contributed by atoms with E-state index < -0.39 is 4.92 Å². The molecule has 0 atom stereocenters. The zero-order valence-electron chi connectivity index (χ0n) is 15.6. The van der Waals surface area contributed by atoms with Crippen molar-refractivity contribution in [2.45, 2.75) is 19.3 Å². The summed E-state index contributed by atoms with van der Waals surface area (Å²) in [6.07, 6.45) is 4.59. The minimum atomic E-state index is -0.437. The number of fused-ring (bicyclic) bond motifs is 1. The third kappa shape index (κ3) is 3.46. The maximum absolute atomic E-state index is 11.2. The van der Waals surface area contributed by atoms with Gasteiger partial charge >= 0.3 is 0 Å². The summed E-state index contributed by atoms with van der Waals surface area (Å²) in [5.41, 5.74) is 11.5. The standard InChI is InChI=1S/C23H18N4O2/c24-14-20-21(16-8-4-10-18(13-16)27(28)29)19-11-5-9-17(22(19)26-23(20)25)12-15-6-2-1-3-7-15/h1-4,6-8,10,12-13H,5,9,11H2,(H2,25,26). The number of benzene rings is 2. The largest absolute Gasteiger partial charge is 0.383 e. The van der Waals surface area contributed by atoms with Gasteiger partial charge in [0.2, 0.25) is 0 Å². The fourth-order valence-corrected chi connectivity index (χ4v) is 3.82. The third-order valence-electron chi connectivity index (χ3n) is 5.10. The molecule has 142 valence electrons. The summed E-state index contributed by atoms with van der Waals surface area (Å²) in [5, 5.41) is 21.0. The number of nitrogens with zero attached hydrogens (tertiary/aromatic N) is 3. The number of nitrogen functional groups attached to an aromatic ring is 1. The molecule has 2 aromatic carbocycles. The summed E-state index contributed by atoms with van der Waals surface area (Å²) in [4.78, 5) is 15.4. The van der Waals surface area contributed by atoms with Crippen LogP contribution in [0.5, 0.6) is 0 Å². The lowest BCUT2D eigenvalue weighted by atomic mass is 9.83. The second kappa shape index (κ2) is 7.56. The molecule has 2 N–H and O–H groups in total. The Morgan fingerprint density at radius 2 is 1.93 bits per heavy atom. The number of nitro groups is 1. The quantitative estimate of drug-likeness (QED) is 0.507. The lowest BCUT2D eigenvalue weighted by Gasteiger charge is -2.23. The number of nitrogens with two attached hydrogens (primary N) is 1. The molecule has 6 nitrogen and oxygen atoms in total. The van der Waals surface area contributed by atoms with Crippen LogP contribution in [0.4, 0.5) is 11.5 Å². The first kappa shape index (κ1) is 18.4. The van der Waals surface area contributed by atoms with E-state index in [1.165, 1.54) is 12.1 Å². The molecule has 0 spiro atoms. The van der Waals surface area contributed by atoms with Crippen molar-refractivity contribution < 1.29 is 4.92 Å². The maximum Gasteiger partial charge on any atom is 0.270 e. The second-order valence-electron chi connectivity index (χ2n) is 6.93. The van der Waals surface area contributed by atoms with E-state index in [4.69, 9.17) is 5.73 Å². The SMILES string of the molecule is N#Cc1c(N)nc2c(c1-c1cccc([N+](=O)[O-])c1)CCCC2=Cc1ccccc1. The van der Waals surface area contributed by atoms with E-state index in [9.17, 15) is 15.4 Å². The van der Waals surface area contributed by atoms with Crippen LogP contribution < -0.4 is 5.73 Å². The van der Waals surface area contributed by atoms with E-state index in [1.807, 2.05) is 30.3 Å². The summed E-state index contributed by atoms with van der Waals surface area (Å²) in [5.74, 6) is 0.147. The molecule has 6 heteroatoms. The van der Waals surface area contributed by atoms with Gasteiger partial charge in [0, 0.05) is 17.7 Å². The smallest absolute Gasteiger partial charge is 0.270 e. The van der Waals surface area contributed by atoms with Crippen LogP contribution in [0.25, 0.3) is 22.8 Å². The van der Waals surface area contributed by atoms with E-state index in [0.717, 1.165) is 41.7 Å². The first-order chi connectivity index (χ1) is 14.1. The maximum atomic E-state index is 11.2. The molecule has 29 heavy (non-hydrogen) atoms. The van der Waals surface area contributed by atoms with Crippen LogP contribution in [-0.4, -0.2) is 9.91 Å². The zero-order valence-corrected chi connectivity index (χ0v) is 15.6. The second-order valence-corrected chi connectivity index (χ2v) is 6.93. The fourth-order valence-electron chi connectivity index (χ4n) is 3.82. The molecule has 1 aliphatic carbocycles. The number of aromatic nitrogens is 1. The number of anilines is 1. The molecule has 0 aliphatic heterocycles. The normalized spacial score (nSPS) is 14.2. The van der Waals surface area contributed by atoms with Crippen molar-refractivity contribution in [2.24, 2.45) is 0 Å². The van der Waals surface area contributed by atoms with Crippen molar-refractivity contribution in [3.63, 3.8) is 0 Å². The van der Waals surface area contributed by atoms with E-state index in [1.54, 1.807) is 12.1 Å². The predicted octanol–water partition coefficient (Wildman–Crippen LogP) is 4.99. The monoisotopic (exact) mass is 382 g/mol. The Balaban J connectivity index is 1.96. The Labute approximate surface area is 168 Å². The van der Waals surface area contributed by atoms with Gasteiger partial charge in [0.05, 0.1) is 10.6 Å². The molecule has 4 rings (SSSR count). The Morgan fingerprint density at radius 3 is 2.66 bits per heavy atom. The number of rotatable bonds is 3. The summed E-state index contributed by atoms with van der Waals surface area (Å²) in [6, 6.07) is 18.4. The van der Waals surface area contributed by atoms with E-state index in [-0.39, 0.29) is 17.1 Å². The number of pyridine rings is 1. The molecule has 0 fully saturated rings. The highest BCUT2D eigenvalue weighted by atomic mass is 16.6. The minimum absolute atomic E-state index is 0.0219. The van der Waals surface area contributed by atoms with Crippen molar-refractivity contribution in [3.05, 3.63) is 87.1 Å². The van der Waals surface area contributed by atoms with Crippen molar-refractivity contribution >= 4 is 23.2 Å². The first-order valence-corrected chi connectivity index (χ1v) is 9.31. The molecular formula is C23H18N4O2. The molecule has 1 aromatic heterocycles. The van der Waals surface area contributed by atoms with Gasteiger partial charge in [-0.05, 0) is 47.6 Å². The van der Waals surface area contributed by atoms with Gasteiger partial charge < -0.3 is 5.73 Å². The summed E-state index contributed by atoms with van der Waals surface area (Å²) in [6.45, 7) is 0. The van der Waals surface area contributed by atoms with E-state index >= 15 is 0 Å². The predicted molar refractivity (Wildman–Crippen MR) is 113 cm³/mol. The Kier molecular flexibility index (Phi) is 4.80. The first-order valence-electron chi connectivity index (χ1n) is 9.31.